The van der Waals surface area contributed by atoms with Gasteiger partial charge in [-0.3, -0.25) is 14.4 Å². The predicted molar refractivity (Wildman–Crippen MR) is 103 cm³/mol. The van der Waals surface area contributed by atoms with Gasteiger partial charge in [-0.15, -0.1) is 0 Å². The first-order chi connectivity index (χ1) is 13.0. The summed E-state index contributed by atoms with van der Waals surface area (Å²) in [5.74, 6) is -1.14. The Morgan fingerprint density at radius 1 is 0.815 bits per heavy atom. The van der Waals surface area contributed by atoms with E-state index in [1.54, 1.807) is 30.3 Å². The maximum absolute atomic E-state index is 12.8. The molecular weight excluding hydrogens is 340 g/mol. The average molecular weight is 356 g/mol. The van der Waals surface area contributed by atoms with E-state index in [1.807, 2.05) is 37.3 Å². The van der Waals surface area contributed by atoms with Crippen LogP contribution in [0.2, 0.25) is 0 Å². The lowest BCUT2D eigenvalue weighted by atomic mass is 10.1. The van der Waals surface area contributed by atoms with Crippen molar-refractivity contribution in [2.75, 3.05) is 10.2 Å². The molecule has 5 nitrogen and oxygen atoms in total. The minimum atomic E-state index is -0.425. The maximum atomic E-state index is 12.8. The van der Waals surface area contributed by atoms with Crippen molar-refractivity contribution in [2.24, 2.45) is 0 Å². The Labute approximate surface area is 156 Å². The summed E-state index contributed by atoms with van der Waals surface area (Å²) in [7, 11) is 0. The summed E-state index contributed by atoms with van der Waals surface area (Å²) >= 11 is 0. The first-order valence-electron chi connectivity index (χ1n) is 8.50. The first kappa shape index (κ1) is 16.7. The van der Waals surface area contributed by atoms with Gasteiger partial charge in [0.2, 0.25) is 0 Å². The standard InChI is InChI=1S/C22H16N2O3/c1-14-7-10-16(11-8-14)23-20(25)15-9-12-18-19(13-15)22(27)24(21(18)26)17-5-3-2-4-6-17/h2-13H,1H3,(H,23,25). The third-order valence-electron chi connectivity index (χ3n) is 4.47. The molecule has 3 amide bonds. The van der Waals surface area contributed by atoms with Crippen LogP contribution in [-0.2, 0) is 0 Å². The fourth-order valence-electron chi connectivity index (χ4n) is 3.03. The zero-order valence-electron chi connectivity index (χ0n) is 14.6. The third-order valence-corrected chi connectivity index (χ3v) is 4.47. The highest BCUT2D eigenvalue weighted by Crippen LogP contribution is 2.29. The Hall–Kier alpha value is -3.73. The number of aryl methyl sites for hydroxylation is 1. The lowest BCUT2D eigenvalue weighted by Crippen LogP contribution is -2.29. The number of carbonyl (C=O) groups is 3. The summed E-state index contributed by atoms with van der Waals surface area (Å²) in [6.45, 7) is 1.97. The van der Waals surface area contributed by atoms with Crippen molar-refractivity contribution >= 4 is 29.1 Å². The van der Waals surface area contributed by atoms with E-state index in [2.05, 4.69) is 5.32 Å². The second kappa shape index (κ2) is 6.53. The molecule has 1 aliphatic heterocycles. The fraction of sp³-hybridized carbons (Fsp3) is 0.0455. The van der Waals surface area contributed by atoms with E-state index in [0.717, 1.165) is 10.5 Å². The number of para-hydroxylation sites is 1. The summed E-state index contributed by atoms with van der Waals surface area (Å²) in [6, 6.07) is 20.7. The molecule has 132 valence electrons. The Morgan fingerprint density at radius 3 is 2.19 bits per heavy atom. The van der Waals surface area contributed by atoms with E-state index >= 15 is 0 Å². The maximum Gasteiger partial charge on any atom is 0.266 e. The molecule has 1 heterocycles. The number of amides is 3. The van der Waals surface area contributed by atoms with Gasteiger partial charge in [0.15, 0.2) is 0 Å². The highest BCUT2D eigenvalue weighted by atomic mass is 16.2. The molecule has 0 spiro atoms. The molecule has 0 radical (unpaired) electrons. The van der Waals surface area contributed by atoms with Gasteiger partial charge in [-0.25, -0.2) is 4.90 Å². The van der Waals surface area contributed by atoms with Crippen LogP contribution >= 0.6 is 0 Å². The summed E-state index contributed by atoms with van der Waals surface area (Å²) in [5, 5.41) is 2.80. The van der Waals surface area contributed by atoms with Gasteiger partial charge in [0.25, 0.3) is 17.7 Å². The summed E-state index contributed by atoms with van der Waals surface area (Å²) in [4.78, 5) is 39.0. The minimum absolute atomic E-state index is 0.236. The number of nitrogens with one attached hydrogen (secondary N) is 1. The Bertz CT molecular complexity index is 1060. The number of hydrogen-bond donors (Lipinski definition) is 1. The second-order valence-electron chi connectivity index (χ2n) is 6.36. The topological polar surface area (TPSA) is 66.5 Å². The van der Waals surface area contributed by atoms with Crippen LogP contribution in [0.4, 0.5) is 11.4 Å². The lowest BCUT2D eigenvalue weighted by Gasteiger charge is -2.13. The highest BCUT2D eigenvalue weighted by Gasteiger charge is 2.37. The Morgan fingerprint density at radius 2 is 1.48 bits per heavy atom. The number of nitrogens with zero attached hydrogens (tertiary/aromatic N) is 1. The number of hydrogen-bond acceptors (Lipinski definition) is 3. The van der Waals surface area contributed by atoms with Gasteiger partial charge in [0.05, 0.1) is 16.8 Å². The van der Waals surface area contributed by atoms with Crippen molar-refractivity contribution in [1.29, 1.82) is 0 Å². The summed E-state index contributed by atoms with van der Waals surface area (Å²) in [6.07, 6.45) is 0. The van der Waals surface area contributed by atoms with Crippen LogP contribution < -0.4 is 10.2 Å². The van der Waals surface area contributed by atoms with Gasteiger partial charge in [-0.1, -0.05) is 35.9 Å². The molecule has 0 atom stereocenters. The Balaban J connectivity index is 1.63. The molecule has 0 aliphatic carbocycles. The van der Waals surface area contributed by atoms with Crippen LogP contribution in [0.25, 0.3) is 0 Å². The molecule has 5 heteroatoms. The molecule has 0 bridgehead atoms. The van der Waals surface area contributed by atoms with Gasteiger partial charge in [0, 0.05) is 11.3 Å². The van der Waals surface area contributed by atoms with Crippen molar-refractivity contribution in [3.05, 3.63) is 95.1 Å². The molecule has 3 aromatic rings. The van der Waals surface area contributed by atoms with Crippen molar-refractivity contribution in [2.45, 2.75) is 6.92 Å². The number of imide groups is 1. The largest absolute Gasteiger partial charge is 0.322 e. The predicted octanol–water partition coefficient (Wildman–Crippen LogP) is 4.05. The van der Waals surface area contributed by atoms with Gasteiger partial charge in [-0.05, 0) is 49.4 Å². The molecular formula is C22H16N2O3. The molecule has 4 rings (SSSR count). The quantitative estimate of drug-likeness (QED) is 0.720. The lowest BCUT2D eigenvalue weighted by molar-refractivity contribution is 0.0925. The van der Waals surface area contributed by atoms with Crippen molar-refractivity contribution < 1.29 is 14.4 Å². The third kappa shape index (κ3) is 3.00. The molecule has 0 saturated heterocycles. The van der Waals surface area contributed by atoms with E-state index in [0.29, 0.717) is 22.5 Å². The van der Waals surface area contributed by atoms with Crippen LogP contribution in [0, 0.1) is 6.92 Å². The smallest absolute Gasteiger partial charge is 0.266 e. The van der Waals surface area contributed by atoms with Crippen LogP contribution in [-0.4, -0.2) is 17.7 Å². The molecule has 27 heavy (non-hydrogen) atoms. The molecule has 0 unspecified atom stereocenters. The van der Waals surface area contributed by atoms with Gasteiger partial charge >= 0.3 is 0 Å². The summed E-state index contributed by atoms with van der Waals surface area (Å²) < 4.78 is 0. The normalized spacial score (nSPS) is 12.9. The fourth-order valence-corrected chi connectivity index (χ4v) is 3.03. The van der Waals surface area contributed by atoms with Crippen LogP contribution in [0.15, 0.2) is 72.8 Å². The van der Waals surface area contributed by atoms with E-state index in [-0.39, 0.29) is 17.4 Å². The first-order valence-corrected chi connectivity index (χ1v) is 8.50. The van der Waals surface area contributed by atoms with E-state index in [4.69, 9.17) is 0 Å². The summed E-state index contributed by atoms with van der Waals surface area (Å²) in [5.41, 5.74) is 3.13. The number of fused-ring (bicyclic) bond motifs is 1. The molecule has 1 N–H and O–H groups in total. The average Bonchev–Trinajstić information content (AvgIpc) is 2.94. The minimum Gasteiger partial charge on any atom is -0.322 e. The van der Waals surface area contributed by atoms with Crippen molar-refractivity contribution in [1.82, 2.24) is 0 Å². The van der Waals surface area contributed by atoms with Crippen molar-refractivity contribution in [3.63, 3.8) is 0 Å². The van der Waals surface area contributed by atoms with Gasteiger partial charge in [-0.2, -0.15) is 0 Å². The zero-order valence-corrected chi connectivity index (χ0v) is 14.6. The number of rotatable bonds is 3. The molecule has 0 fully saturated rings. The Kier molecular flexibility index (Phi) is 4.05. The molecule has 1 aliphatic rings. The van der Waals surface area contributed by atoms with E-state index in [1.165, 1.54) is 12.1 Å². The zero-order chi connectivity index (χ0) is 19.0. The second-order valence-corrected chi connectivity index (χ2v) is 6.36. The van der Waals surface area contributed by atoms with Crippen LogP contribution in [0.1, 0.15) is 36.6 Å². The monoisotopic (exact) mass is 356 g/mol. The van der Waals surface area contributed by atoms with Gasteiger partial charge in [0.1, 0.15) is 0 Å². The van der Waals surface area contributed by atoms with Crippen molar-refractivity contribution in [3.8, 4) is 0 Å². The number of anilines is 2. The molecule has 3 aromatic carbocycles. The number of carbonyl (C=O) groups excluding carboxylic acids is 3. The van der Waals surface area contributed by atoms with Crippen LogP contribution in [0.5, 0.6) is 0 Å². The van der Waals surface area contributed by atoms with E-state index < -0.39 is 5.91 Å². The molecule has 0 saturated carbocycles. The highest BCUT2D eigenvalue weighted by molar-refractivity contribution is 6.34. The van der Waals surface area contributed by atoms with E-state index in [9.17, 15) is 14.4 Å². The number of benzene rings is 3. The SMILES string of the molecule is Cc1ccc(NC(=O)c2ccc3c(c2)C(=O)N(c2ccccc2)C3=O)cc1. The van der Waals surface area contributed by atoms with Gasteiger partial charge < -0.3 is 5.32 Å². The molecule has 0 aromatic heterocycles. The van der Waals surface area contributed by atoms with Crippen LogP contribution in [0.3, 0.4) is 0 Å².